The Morgan fingerprint density at radius 2 is 2.00 bits per heavy atom. The highest BCUT2D eigenvalue weighted by atomic mass is 19.4. The van der Waals surface area contributed by atoms with Gasteiger partial charge in [0.05, 0.1) is 5.56 Å². The van der Waals surface area contributed by atoms with Crippen LogP contribution in [0, 0.1) is 0 Å². The number of rotatable bonds is 3. The number of carbonyl (C=O) groups is 1. The molecule has 1 aromatic carbocycles. The number of phenolic OH excluding ortho intramolecular Hbond substituents is 1. The molecule has 0 aliphatic rings. The molecule has 0 aliphatic heterocycles. The van der Waals surface area contributed by atoms with Gasteiger partial charge in [-0.25, -0.2) is 0 Å². The van der Waals surface area contributed by atoms with Crippen molar-refractivity contribution in [1.29, 1.82) is 0 Å². The number of halogens is 3. The number of hydrogen-bond acceptors (Lipinski definition) is 3. The van der Waals surface area contributed by atoms with Crippen molar-refractivity contribution >= 4 is 5.78 Å². The summed E-state index contributed by atoms with van der Waals surface area (Å²) in [4.78, 5) is 11.3. The molecular formula is C10H10F3NO2. The predicted octanol–water partition coefficient (Wildman–Crippen LogP) is 1.94. The lowest BCUT2D eigenvalue weighted by molar-refractivity contribution is -0.138. The molecule has 0 aliphatic carbocycles. The van der Waals surface area contributed by atoms with Gasteiger partial charge in [-0.3, -0.25) is 4.79 Å². The van der Waals surface area contributed by atoms with Crippen LogP contribution in [0.2, 0.25) is 0 Å². The van der Waals surface area contributed by atoms with E-state index >= 15 is 0 Å². The summed E-state index contributed by atoms with van der Waals surface area (Å²) >= 11 is 0. The van der Waals surface area contributed by atoms with Crippen LogP contribution in [0.25, 0.3) is 0 Å². The van der Waals surface area contributed by atoms with Crippen molar-refractivity contribution in [2.45, 2.75) is 12.6 Å². The van der Waals surface area contributed by atoms with E-state index < -0.39 is 23.3 Å². The second kappa shape index (κ2) is 4.52. The van der Waals surface area contributed by atoms with Gasteiger partial charge >= 0.3 is 6.18 Å². The molecule has 0 atom stereocenters. The zero-order valence-electron chi connectivity index (χ0n) is 8.21. The fourth-order valence-electron chi connectivity index (χ4n) is 1.21. The molecule has 0 heterocycles. The van der Waals surface area contributed by atoms with E-state index in [1.165, 1.54) is 0 Å². The Morgan fingerprint density at radius 3 is 2.50 bits per heavy atom. The van der Waals surface area contributed by atoms with Gasteiger partial charge in [0, 0.05) is 12.0 Å². The zero-order chi connectivity index (χ0) is 12.3. The molecule has 0 saturated heterocycles. The van der Waals surface area contributed by atoms with Crippen molar-refractivity contribution in [3.63, 3.8) is 0 Å². The second-order valence-electron chi connectivity index (χ2n) is 3.19. The Balaban J connectivity index is 3.13. The molecule has 16 heavy (non-hydrogen) atoms. The smallest absolute Gasteiger partial charge is 0.419 e. The van der Waals surface area contributed by atoms with Crippen LogP contribution >= 0.6 is 0 Å². The quantitative estimate of drug-likeness (QED) is 0.784. The van der Waals surface area contributed by atoms with Crippen molar-refractivity contribution in [2.24, 2.45) is 5.73 Å². The highest BCUT2D eigenvalue weighted by molar-refractivity contribution is 5.96. The van der Waals surface area contributed by atoms with Crippen molar-refractivity contribution < 1.29 is 23.1 Å². The molecular weight excluding hydrogens is 223 g/mol. The molecule has 0 unspecified atom stereocenters. The Labute approximate surface area is 89.7 Å². The van der Waals surface area contributed by atoms with Gasteiger partial charge in [0.1, 0.15) is 5.75 Å². The predicted molar refractivity (Wildman–Crippen MR) is 51.1 cm³/mol. The lowest BCUT2D eigenvalue weighted by Gasteiger charge is -2.10. The summed E-state index contributed by atoms with van der Waals surface area (Å²) in [6.45, 7) is 0.0705. The van der Waals surface area contributed by atoms with Crippen LogP contribution in [-0.4, -0.2) is 17.4 Å². The summed E-state index contributed by atoms with van der Waals surface area (Å²) < 4.78 is 37.1. The van der Waals surface area contributed by atoms with Gasteiger partial charge in [0.2, 0.25) is 0 Å². The Kier molecular flexibility index (Phi) is 3.54. The first-order chi connectivity index (χ1) is 7.36. The van der Waals surface area contributed by atoms with E-state index in [2.05, 4.69) is 0 Å². The lowest BCUT2D eigenvalue weighted by Crippen LogP contribution is -2.11. The monoisotopic (exact) mass is 233 g/mol. The van der Waals surface area contributed by atoms with Crippen LogP contribution in [0.5, 0.6) is 5.75 Å². The second-order valence-corrected chi connectivity index (χ2v) is 3.19. The number of benzene rings is 1. The fourth-order valence-corrected chi connectivity index (χ4v) is 1.21. The molecule has 1 rings (SSSR count). The highest BCUT2D eigenvalue weighted by Gasteiger charge is 2.34. The number of ketones is 1. The maximum atomic E-state index is 12.4. The van der Waals surface area contributed by atoms with Gasteiger partial charge in [-0.1, -0.05) is 0 Å². The average Bonchev–Trinajstić information content (AvgIpc) is 2.16. The summed E-state index contributed by atoms with van der Waals surface area (Å²) in [6.07, 6.45) is -4.70. The van der Waals surface area contributed by atoms with Gasteiger partial charge in [-0.15, -0.1) is 0 Å². The molecule has 0 saturated carbocycles. The van der Waals surface area contributed by atoms with Crippen molar-refractivity contribution in [3.8, 4) is 5.75 Å². The number of carbonyl (C=O) groups excluding carboxylic acids is 1. The summed E-state index contributed by atoms with van der Waals surface area (Å²) in [5, 5.41) is 9.03. The first kappa shape index (κ1) is 12.5. The van der Waals surface area contributed by atoms with Gasteiger partial charge in [0.15, 0.2) is 5.78 Å². The van der Waals surface area contributed by atoms with E-state index in [0.29, 0.717) is 6.07 Å². The third-order valence-electron chi connectivity index (χ3n) is 2.00. The maximum Gasteiger partial charge on any atom is 0.419 e. The molecule has 0 spiro atoms. The van der Waals surface area contributed by atoms with Crippen LogP contribution < -0.4 is 5.73 Å². The summed E-state index contributed by atoms with van der Waals surface area (Å²) in [5.41, 5.74) is 3.81. The molecule has 0 radical (unpaired) electrons. The van der Waals surface area contributed by atoms with Crippen LogP contribution in [0.1, 0.15) is 22.3 Å². The van der Waals surface area contributed by atoms with Crippen LogP contribution in [0.15, 0.2) is 18.2 Å². The van der Waals surface area contributed by atoms with Crippen molar-refractivity contribution in [2.75, 3.05) is 6.54 Å². The first-order valence-corrected chi connectivity index (χ1v) is 4.49. The van der Waals surface area contributed by atoms with E-state index in [0.717, 1.165) is 12.1 Å². The SMILES string of the molecule is NCCC(=O)c1ccc(O)c(C(F)(F)F)c1. The van der Waals surface area contributed by atoms with Gasteiger partial charge in [0.25, 0.3) is 0 Å². The summed E-state index contributed by atoms with van der Waals surface area (Å²) in [5.74, 6) is -1.37. The molecule has 0 amide bonds. The lowest BCUT2D eigenvalue weighted by atomic mass is 10.0. The number of aromatic hydroxyl groups is 1. The Bertz CT molecular complexity index is 402. The molecule has 0 bridgehead atoms. The third-order valence-corrected chi connectivity index (χ3v) is 2.00. The van der Waals surface area contributed by atoms with E-state index in [-0.39, 0.29) is 18.5 Å². The van der Waals surface area contributed by atoms with E-state index in [1.54, 1.807) is 0 Å². The number of nitrogens with two attached hydrogens (primary N) is 1. The first-order valence-electron chi connectivity index (χ1n) is 4.49. The molecule has 88 valence electrons. The minimum absolute atomic E-state index is 0.0257. The van der Waals surface area contributed by atoms with Gasteiger partial charge in [-0.05, 0) is 24.7 Å². The highest BCUT2D eigenvalue weighted by Crippen LogP contribution is 2.36. The van der Waals surface area contributed by atoms with Crippen molar-refractivity contribution in [1.82, 2.24) is 0 Å². The zero-order valence-corrected chi connectivity index (χ0v) is 8.21. The minimum atomic E-state index is -4.68. The average molecular weight is 233 g/mol. The van der Waals surface area contributed by atoms with E-state index in [1.807, 2.05) is 0 Å². The topological polar surface area (TPSA) is 63.3 Å². The summed E-state index contributed by atoms with van der Waals surface area (Å²) in [7, 11) is 0. The number of Topliss-reactive ketones (excluding diaryl/α,β-unsaturated/α-hetero) is 1. The van der Waals surface area contributed by atoms with E-state index in [4.69, 9.17) is 10.8 Å². The fraction of sp³-hybridized carbons (Fsp3) is 0.300. The molecule has 3 N–H and O–H groups in total. The summed E-state index contributed by atoms with van der Waals surface area (Å²) in [6, 6.07) is 2.63. The van der Waals surface area contributed by atoms with Crippen molar-refractivity contribution in [3.05, 3.63) is 29.3 Å². The minimum Gasteiger partial charge on any atom is -0.507 e. The standard InChI is InChI=1S/C10H10F3NO2/c11-10(12,13)7-5-6(1-2-9(7)16)8(15)3-4-14/h1-2,5,16H,3-4,14H2. The molecule has 0 fully saturated rings. The number of alkyl halides is 3. The van der Waals surface area contributed by atoms with Crippen LogP contribution in [-0.2, 0) is 6.18 Å². The third kappa shape index (κ3) is 2.73. The van der Waals surface area contributed by atoms with Gasteiger partial charge < -0.3 is 10.8 Å². The molecule has 1 aromatic rings. The normalized spacial score (nSPS) is 11.5. The van der Waals surface area contributed by atoms with Crippen LogP contribution in [0.3, 0.4) is 0 Å². The van der Waals surface area contributed by atoms with Gasteiger partial charge in [-0.2, -0.15) is 13.2 Å². The number of hydrogen-bond donors (Lipinski definition) is 2. The maximum absolute atomic E-state index is 12.4. The van der Waals surface area contributed by atoms with Crippen LogP contribution in [0.4, 0.5) is 13.2 Å². The molecule has 6 heteroatoms. The number of phenols is 1. The van der Waals surface area contributed by atoms with E-state index in [9.17, 15) is 18.0 Å². The largest absolute Gasteiger partial charge is 0.507 e. The Morgan fingerprint density at radius 1 is 1.38 bits per heavy atom. The molecule has 3 nitrogen and oxygen atoms in total. The Hall–Kier alpha value is -1.56. The molecule has 0 aromatic heterocycles.